The highest BCUT2D eigenvalue weighted by Gasteiger charge is 2.22. The second-order valence-corrected chi connectivity index (χ2v) is 6.40. The number of amides is 1. The van der Waals surface area contributed by atoms with E-state index in [1.54, 1.807) is 0 Å². The summed E-state index contributed by atoms with van der Waals surface area (Å²) in [5.41, 5.74) is 2.27. The lowest BCUT2D eigenvalue weighted by atomic mass is 9.92. The van der Waals surface area contributed by atoms with Gasteiger partial charge in [0.05, 0.1) is 5.69 Å². The second-order valence-electron chi connectivity index (χ2n) is 6.40. The van der Waals surface area contributed by atoms with Crippen LogP contribution in [0.1, 0.15) is 45.5 Å². The summed E-state index contributed by atoms with van der Waals surface area (Å²) in [6.45, 7) is 11.0. The molecule has 0 radical (unpaired) electrons. The van der Waals surface area contributed by atoms with Gasteiger partial charge in [-0.25, -0.2) is 0 Å². The van der Waals surface area contributed by atoms with E-state index in [1.807, 2.05) is 0 Å². The van der Waals surface area contributed by atoms with Crippen molar-refractivity contribution < 1.29 is 4.79 Å². The number of H-pyrrole nitrogens is 1. The summed E-state index contributed by atoms with van der Waals surface area (Å²) >= 11 is 0. The van der Waals surface area contributed by atoms with Crippen LogP contribution in [0, 0.1) is 0 Å². The van der Waals surface area contributed by atoms with Crippen LogP contribution in [0.3, 0.4) is 0 Å². The van der Waals surface area contributed by atoms with Crippen molar-refractivity contribution in [1.82, 2.24) is 20.4 Å². The van der Waals surface area contributed by atoms with Crippen molar-refractivity contribution in [3.05, 3.63) is 17.5 Å². The predicted molar refractivity (Wildman–Crippen MR) is 74.8 cm³/mol. The first-order chi connectivity index (χ1) is 8.86. The molecule has 106 valence electrons. The lowest BCUT2D eigenvalue weighted by molar-refractivity contribution is -0.120. The highest BCUT2D eigenvalue weighted by atomic mass is 16.1. The van der Waals surface area contributed by atoms with Crippen LogP contribution in [0.15, 0.2) is 6.07 Å². The lowest BCUT2D eigenvalue weighted by Gasteiger charge is -2.25. The standard InChI is InChI=1S/C14H24N4O/c1-10-8-15-13(19)5-6-18(10)9-11-7-12(17-16-11)14(2,3)4/h7,10H,5-6,8-9H2,1-4H3,(H,15,19)(H,16,17)/t10-/m1/s1. The largest absolute Gasteiger partial charge is 0.355 e. The maximum Gasteiger partial charge on any atom is 0.221 e. The number of nitrogens with zero attached hydrogens (tertiary/aromatic N) is 2. The molecule has 1 amide bonds. The summed E-state index contributed by atoms with van der Waals surface area (Å²) in [4.78, 5) is 13.7. The van der Waals surface area contributed by atoms with E-state index in [0.717, 1.165) is 31.0 Å². The zero-order chi connectivity index (χ0) is 14.0. The van der Waals surface area contributed by atoms with Gasteiger partial charge in [0.25, 0.3) is 0 Å². The van der Waals surface area contributed by atoms with Gasteiger partial charge in [-0.05, 0) is 13.0 Å². The number of aromatic nitrogens is 2. The smallest absolute Gasteiger partial charge is 0.221 e. The molecule has 0 aliphatic carbocycles. The molecule has 0 spiro atoms. The average Bonchev–Trinajstić information content (AvgIpc) is 2.73. The minimum atomic E-state index is 0.0661. The highest BCUT2D eigenvalue weighted by molar-refractivity contribution is 5.76. The van der Waals surface area contributed by atoms with Gasteiger partial charge in [-0.2, -0.15) is 5.10 Å². The second kappa shape index (κ2) is 5.33. The van der Waals surface area contributed by atoms with Crippen LogP contribution >= 0.6 is 0 Å². The third-order valence-electron chi connectivity index (χ3n) is 3.62. The molecule has 1 aromatic rings. The Morgan fingerprint density at radius 1 is 1.47 bits per heavy atom. The third-order valence-corrected chi connectivity index (χ3v) is 3.62. The molecule has 1 atom stereocenters. The van der Waals surface area contributed by atoms with Crippen molar-refractivity contribution in [2.24, 2.45) is 0 Å². The van der Waals surface area contributed by atoms with Gasteiger partial charge in [-0.1, -0.05) is 20.8 Å². The molecule has 1 aliphatic heterocycles. The first-order valence-electron chi connectivity index (χ1n) is 6.92. The zero-order valence-corrected chi connectivity index (χ0v) is 12.3. The summed E-state index contributed by atoms with van der Waals surface area (Å²) < 4.78 is 0. The normalized spacial score (nSPS) is 22.1. The summed E-state index contributed by atoms with van der Waals surface area (Å²) in [7, 11) is 0. The monoisotopic (exact) mass is 264 g/mol. The number of rotatable bonds is 2. The summed E-state index contributed by atoms with van der Waals surface area (Å²) in [6.07, 6.45) is 0.574. The number of hydrogen-bond donors (Lipinski definition) is 2. The van der Waals surface area contributed by atoms with E-state index in [0.29, 0.717) is 12.5 Å². The Labute approximate surface area is 114 Å². The molecule has 1 saturated heterocycles. The van der Waals surface area contributed by atoms with E-state index in [1.165, 1.54) is 0 Å². The first kappa shape index (κ1) is 14.1. The zero-order valence-electron chi connectivity index (χ0n) is 12.3. The van der Waals surface area contributed by atoms with E-state index in [2.05, 4.69) is 54.2 Å². The molecule has 19 heavy (non-hydrogen) atoms. The number of carbonyl (C=O) groups is 1. The van der Waals surface area contributed by atoms with Crippen molar-refractivity contribution in [2.45, 2.75) is 52.1 Å². The summed E-state index contributed by atoms with van der Waals surface area (Å²) in [6, 6.07) is 2.49. The van der Waals surface area contributed by atoms with Crippen LogP contribution in [0.2, 0.25) is 0 Å². The van der Waals surface area contributed by atoms with Gasteiger partial charge >= 0.3 is 0 Å². The van der Waals surface area contributed by atoms with E-state index in [-0.39, 0.29) is 11.3 Å². The van der Waals surface area contributed by atoms with E-state index >= 15 is 0 Å². The summed E-state index contributed by atoms with van der Waals surface area (Å²) in [5, 5.41) is 10.4. The molecule has 2 N–H and O–H groups in total. The molecule has 0 unspecified atom stereocenters. The fourth-order valence-corrected chi connectivity index (χ4v) is 2.23. The Morgan fingerprint density at radius 3 is 2.84 bits per heavy atom. The van der Waals surface area contributed by atoms with Crippen LogP contribution in [-0.2, 0) is 16.8 Å². The molecular formula is C14H24N4O. The molecule has 5 nitrogen and oxygen atoms in total. The number of hydrogen-bond acceptors (Lipinski definition) is 3. The third kappa shape index (κ3) is 3.56. The maximum atomic E-state index is 11.4. The topological polar surface area (TPSA) is 61.0 Å². The molecule has 5 heteroatoms. The molecule has 0 aromatic carbocycles. The van der Waals surface area contributed by atoms with Gasteiger partial charge in [-0.15, -0.1) is 0 Å². The van der Waals surface area contributed by atoms with Crippen molar-refractivity contribution >= 4 is 5.91 Å². The van der Waals surface area contributed by atoms with Crippen LogP contribution < -0.4 is 5.32 Å². The van der Waals surface area contributed by atoms with E-state index in [4.69, 9.17) is 0 Å². The molecule has 1 aromatic heterocycles. The maximum absolute atomic E-state index is 11.4. The van der Waals surface area contributed by atoms with Gasteiger partial charge in [0.15, 0.2) is 0 Å². The van der Waals surface area contributed by atoms with Crippen molar-refractivity contribution in [2.75, 3.05) is 13.1 Å². The minimum absolute atomic E-state index is 0.0661. The summed E-state index contributed by atoms with van der Waals surface area (Å²) in [5.74, 6) is 0.148. The number of nitrogens with one attached hydrogen (secondary N) is 2. The van der Waals surface area contributed by atoms with Crippen molar-refractivity contribution in [3.8, 4) is 0 Å². The van der Waals surface area contributed by atoms with Crippen LogP contribution in [0.5, 0.6) is 0 Å². The van der Waals surface area contributed by atoms with Gasteiger partial charge in [-0.3, -0.25) is 14.8 Å². The van der Waals surface area contributed by atoms with Gasteiger partial charge in [0, 0.05) is 43.2 Å². The van der Waals surface area contributed by atoms with Crippen LogP contribution in [-0.4, -0.2) is 40.1 Å². The number of carbonyl (C=O) groups excluding carboxylic acids is 1. The quantitative estimate of drug-likeness (QED) is 0.849. The molecule has 0 saturated carbocycles. The molecule has 1 aliphatic rings. The Balaban J connectivity index is 2.03. The van der Waals surface area contributed by atoms with Gasteiger partial charge < -0.3 is 5.32 Å². The SMILES string of the molecule is C[C@@H]1CNC(=O)CCN1Cc1cc(C(C)(C)C)n[nH]1. The van der Waals surface area contributed by atoms with E-state index < -0.39 is 0 Å². The van der Waals surface area contributed by atoms with Crippen LogP contribution in [0.25, 0.3) is 0 Å². The molecule has 2 heterocycles. The predicted octanol–water partition coefficient (Wildman–Crippen LogP) is 1.42. The highest BCUT2D eigenvalue weighted by Crippen LogP contribution is 2.21. The Kier molecular flexibility index (Phi) is 3.94. The minimum Gasteiger partial charge on any atom is -0.355 e. The average molecular weight is 264 g/mol. The first-order valence-corrected chi connectivity index (χ1v) is 6.92. The molecule has 1 fully saturated rings. The molecular weight excluding hydrogens is 240 g/mol. The van der Waals surface area contributed by atoms with Gasteiger partial charge in [0.2, 0.25) is 5.91 Å². The Hall–Kier alpha value is -1.36. The van der Waals surface area contributed by atoms with E-state index in [9.17, 15) is 4.79 Å². The van der Waals surface area contributed by atoms with Crippen molar-refractivity contribution in [1.29, 1.82) is 0 Å². The van der Waals surface area contributed by atoms with Gasteiger partial charge in [0.1, 0.15) is 0 Å². The lowest BCUT2D eigenvalue weighted by Crippen LogP contribution is -2.37. The molecule has 0 bridgehead atoms. The fraction of sp³-hybridized carbons (Fsp3) is 0.714. The Morgan fingerprint density at radius 2 is 2.21 bits per heavy atom. The van der Waals surface area contributed by atoms with Crippen molar-refractivity contribution in [3.63, 3.8) is 0 Å². The fourth-order valence-electron chi connectivity index (χ4n) is 2.23. The molecule has 2 rings (SSSR count). The number of aromatic amines is 1. The van der Waals surface area contributed by atoms with Crippen LogP contribution in [0.4, 0.5) is 0 Å². The Bertz CT molecular complexity index is 447.